The Labute approximate surface area is 171 Å². The average molecular weight is 403 g/mol. The van der Waals surface area contributed by atoms with Crippen molar-refractivity contribution in [3.63, 3.8) is 0 Å². The fraction of sp³-hybridized carbons (Fsp3) is 0.579. The zero-order valence-corrected chi connectivity index (χ0v) is 17.8. The van der Waals surface area contributed by atoms with E-state index >= 15 is 0 Å². The SMILES string of the molecule is CN=C(NCCc1nc(C)c(C)s1)NCCN1CCN(c2ncccn2)CC1. The largest absolute Gasteiger partial charge is 0.356 e. The van der Waals surface area contributed by atoms with Gasteiger partial charge in [-0.3, -0.25) is 9.89 Å². The van der Waals surface area contributed by atoms with Crippen LogP contribution in [-0.2, 0) is 6.42 Å². The van der Waals surface area contributed by atoms with E-state index < -0.39 is 0 Å². The summed E-state index contributed by atoms with van der Waals surface area (Å²) in [6.45, 7) is 10.9. The number of aliphatic imine (C=N–C) groups is 1. The second-order valence-electron chi connectivity index (χ2n) is 6.80. The summed E-state index contributed by atoms with van der Waals surface area (Å²) in [5.74, 6) is 1.68. The summed E-state index contributed by atoms with van der Waals surface area (Å²) >= 11 is 1.78. The highest BCUT2D eigenvalue weighted by atomic mass is 32.1. The Hall–Kier alpha value is -2.26. The van der Waals surface area contributed by atoms with Crippen LogP contribution in [0.15, 0.2) is 23.5 Å². The minimum absolute atomic E-state index is 0.829. The number of rotatable bonds is 7. The van der Waals surface area contributed by atoms with Crippen molar-refractivity contribution < 1.29 is 0 Å². The molecule has 9 heteroatoms. The van der Waals surface area contributed by atoms with Crippen molar-refractivity contribution in [2.45, 2.75) is 20.3 Å². The second-order valence-corrected chi connectivity index (χ2v) is 8.09. The minimum Gasteiger partial charge on any atom is -0.356 e. The molecular formula is C19H30N8S. The van der Waals surface area contributed by atoms with Crippen LogP contribution in [0.3, 0.4) is 0 Å². The van der Waals surface area contributed by atoms with Crippen LogP contribution >= 0.6 is 11.3 Å². The first-order valence-electron chi connectivity index (χ1n) is 9.77. The second kappa shape index (κ2) is 10.3. The van der Waals surface area contributed by atoms with Gasteiger partial charge in [-0.25, -0.2) is 15.0 Å². The van der Waals surface area contributed by atoms with Crippen LogP contribution in [0.4, 0.5) is 5.95 Å². The van der Waals surface area contributed by atoms with Crippen molar-refractivity contribution in [2.75, 3.05) is 57.8 Å². The Bertz CT molecular complexity index is 733. The zero-order chi connectivity index (χ0) is 19.8. The maximum atomic E-state index is 4.58. The maximum absolute atomic E-state index is 4.58. The van der Waals surface area contributed by atoms with Crippen molar-refractivity contribution >= 4 is 23.2 Å². The van der Waals surface area contributed by atoms with Crippen LogP contribution in [0.2, 0.25) is 0 Å². The molecule has 2 N–H and O–H groups in total. The van der Waals surface area contributed by atoms with Gasteiger partial charge in [-0.1, -0.05) is 0 Å². The van der Waals surface area contributed by atoms with E-state index in [4.69, 9.17) is 0 Å². The molecule has 3 rings (SSSR count). The lowest BCUT2D eigenvalue weighted by molar-refractivity contribution is 0.260. The van der Waals surface area contributed by atoms with Gasteiger partial charge >= 0.3 is 0 Å². The molecule has 3 heterocycles. The number of hydrogen-bond donors (Lipinski definition) is 2. The van der Waals surface area contributed by atoms with E-state index in [9.17, 15) is 0 Å². The molecule has 0 aliphatic carbocycles. The van der Waals surface area contributed by atoms with Gasteiger partial charge < -0.3 is 15.5 Å². The summed E-state index contributed by atoms with van der Waals surface area (Å²) in [5.41, 5.74) is 1.14. The molecule has 28 heavy (non-hydrogen) atoms. The van der Waals surface area contributed by atoms with Crippen molar-refractivity contribution in [1.29, 1.82) is 0 Å². The van der Waals surface area contributed by atoms with Gasteiger partial charge in [0.2, 0.25) is 5.95 Å². The van der Waals surface area contributed by atoms with E-state index in [0.29, 0.717) is 0 Å². The number of thiazole rings is 1. The Balaban J connectivity index is 1.31. The quantitative estimate of drug-likeness (QED) is 0.530. The molecule has 0 unspecified atom stereocenters. The van der Waals surface area contributed by atoms with Gasteiger partial charge in [0.25, 0.3) is 0 Å². The van der Waals surface area contributed by atoms with Gasteiger partial charge in [0, 0.05) is 76.6 Å². The van der Waals surface area contributed by atoms with Gasteiger partial charge in [-0.05, 0) is 19.9 Å². The molecular weight excluding hydrogens is 372 g/mol. The lowest BCUT2D eigenvalue weighted by Gasteiger charge is -2.34. The molecule has 2 aromatic rings. The zero-order valence-electron chi connectivity index (χ0n) is 17.0. The summed E-state index contributed by atoms with van der Waals surface area (Å²) in [6, 6.07) is 1.85. The molecule has 0 aromatic carbocycles. The normalized spacial score (nSPS) is 15.7. The van der Waals surface area contributed by atoms with E-state index in [0.717, 1.165) is 69.8 Å². The van der Waals surface area contributed by atoms with Crippen molar-refractivity contribution in [3.05, 3.63) is 34.0 Å². The Morgan fingerprint density at radius 3 is 2.46 bits per heavy atom. The van der Waals surface area contributed by atoms with Gasteiger partial charge in [-0.2, -0.15) is 0 Å². The van der Waals surface area contributed by atoms with E-state index in [-0.39, 0.29) is 0 Å². The van der Waals surface area contributed by atoms with Crippen LogP contribution < -0.4 is 15.5 Å². The lowest BCUT2D eigenvalue weighted by atomic mass is 10.3. The fourth-order valence-corrected chi connectivity index (χ4v) is 4.05. The molecule has 0 atom stereocenters. The van der Waals surface area contributed by atoms with Gasteiger partial charge in [0.05, 0.1) is 10.7 Å². The highest BCUT2D eigenvalue weighted by Crippen LogP contribution is 2.16. The molecule has 0 saturated carbocycles. The molecule has 1 saturated heterocycles. The van der Waals surface area contributed by atoms with Crippen LogP contribution in [0.5, 0.6) is 0 Å². The summed E-state index contributed by atoms with van der Waals surface area (Å²) in [7, 11) is 1.81. The standard InChI is InChI=1S/C19H30N8S/c1-15-16(2)28-17(25-15)5-8-21-18(20-3)22-9-10-26-11-13-27(14-12-26)19-23-6-4-7-24-19/h4,6-7H,5,8-14H2,1-3H3,(H2,20,21,22). The number of hydrogen-bond acceptors (Lipinski definition) is 7. The van der Waals surface area contributed by atoms with Crippen molar-refractivity contribution in [2.24, 2.45) is 4.99 Å². The van der Waals surface area contributed by atoms with Crippen LogP contribution in [0, 0.1) is 13.8 Å². The van der Waals surface area contributed by atoms with E-state index in [1.807, 2.05) is 13.1 Å². The first-order valence-corrected chi connectivity index (χ1v) is 10.6. The van der Waals surface area contributed by atoms with Gasteiger partial charge in [-0.15, -0.1) is 11.3 Å². The third-order valence-electron chi connectivity index (χ3n) is 4.86. The smallest absolute Gasteiger partial charge is 0.225 e. The third kappa shape index (κ3) is 5.87. The van der Waals surface area contributed by atoms with Crippen LogP contribution in [0.25, 0.3) is 0 Å². The minimum atomic E-state index is 0.829. The predicted molar refractivity (Wildman–Crippen MR) is 115 cm³/mol. The molecule has 0 radical (unpaired) electrons. The lowest BCUT2D eigenvalue weighted by Crippen LogP contribution is -2.49. The molecule has 2 aromatic heterocycles. The Morgan fingerprint density at radius 1 is 1.11 bits per heavy atom. The molecule has 0 amide bonds. The molecule has 1 aliphatic heterocycles. The Morgan fingerprint density at radius 2 is 1.82 bits per heavy atom. The molecule has 1 fully saturated rings. The van der Waals surface area contributed by atoms with Crippen LogP contribution in [0.1, 0.15) is 15.6 Å². The first-order chi connectivity index (χ1) is 13.7. The Kier molecular flexibility index (Phi) is 7.55. The molecule has 0 bridgehead atoms. The highest BCUT2D eigenvalue weighted by Gasteiger charge is 2.18. The van der Waals surface area contributed by atoms with Gasteiger partial charge in [0.15, 0.2) is 5.96 Å². The molecule has 0 spiro atoms. The number of nitrogens with one attached hydrogen (secondary N) is 2. The number of nitrogens with zero attached hydrogens (tertiary/aromatic N) is 6. The van der Waals surface area contributed by atoms with E-state index in [1.165, 1.54) is 9.88 Å². The summed E-state index contributed by atoms with van der Waals surface area (Å²) in [6.07, 6.45) is 4.52. The number of aromatic nitrogens is 3. The molecule has 152 valence electrons. The van der Waals surface area contributed by atoms with Crippen LogP contribution in [-0.4, -0.2) is 78.7 Å². The predicted octanol–water partition coefficient (Wildman–Crippen LogP) is 1.08. The summed E-state index contributed by atoms with van der Waals surface area (Å²) < 4.78 is 0. The van der Waals surface area contributed by atoms with Crippen molar-refractivity contribution in [1.82, 2.24) is 30.5 Å². The highest BCUT2D eigenvalue weighted by molar-refractivity contribution is 7.11. The molecule has 8 nitrogen and oxygen atoms in total. The fourth-order valence-electron chi connectivity index (χ4n) is 3.11. The monoisotopic (exact) mass is 402 g/mol. The third-order valence-corrected chi connectivity index (χ3v) is 5.99. The maximum Gasteiger partial charge on any atom is 0.225 e. The first kappa shape index (κ1) is 20.5. The van der Waals surface area contributed by atoms with Crippen molar-refractivity contribution in [3.8, 4) is 0 Å². The number of guanidine groups is 1. The topological polar surface area (TPSA) is 81.6 Å². The number of anilines is 1. The summed E-state index contributed by atoms with van der Waals surface area (Å²) in [4.78, 5) is 23.6. The van der Waals surface area contributed by atoms with E-state index in [2.05, 4.69) is 54.2 Å². The molecule has 1 aliphatic rings. The number of piperazine rings is 1. The number of aryl methyl sites for hydroxylation is 2. The summed E-state index contributed by atoms with van der Waals surface area (Å²) in [5, 5.41) is 7.96. The van der Waals surface area contributed by atoms with E-state index in [1.54, 1.807) is 23.7 Å². The van der Waals surface area contributed by atoms with Gasteiger partial charge in [0.1, 0.15) is 0 Å². The average Bonchev–Trinajstić information content (AvgIpc) is 3.05.